The average molecular weight is 420 g/mol. The fraction of sp³-hybridized carbons (Fsp3) is 0.625. The second kappa shape index (κ2) is 7.95. The Labute approximate surface area is 144 Å². The molecule has 1 aromatic carbocycles. The predicted molar refractivity (Wildman–Crippen MR) is 94.5 cm³/mol. The van der Waals surface area contributed by atoms with Crippen LogP contribution in [-0.4, -0.2) is 23.7 Å². The predicted octanol–water partition coefficient (Wildman–Crippen LogP) is 4.88. The van der Waals surface area contributed by atoms with Gasteiger partial charge in [0.2, 0.25) is 0 Å². The lowest BCUT2D eigenvalue weighted by Crippen LogP contribution is -2.51. The Morgan fingerprint density at radius 1 is 1.19 bits per heavy atom. The van der Waals surface area contributed by atoms with Crippen LogP contribution in [0.15, 0.2) is 21.1 Å². The minimum Gasteiger partial charge on any atom is -0.492 e. The van der Waals surface area contributed by atoms with Gasteiger partial charge < -0.3 is 4.74 Å². The van der Waals surface area contributed by atoms with E-state index in [4.69, 9.17) is 4.74 Å². The molecule has 5 heteroatoms. The molecule has 1 aliphatic rings. The highest BCUT2D eigenvalue weighted by molar-refractivity contribution is 9.11. The molecule has 0 spiro atoms. The molecule has 1 fully saturated rings. The lowest BCUT2D eigenvalue weighted by atomic mass is 10.00. The Morgan fingerprint density at radius 3 is 2.29 bits per heavy atom. The van der Waals surface area contributed by atoms with Crippen LogP contribution in [0.2, 0.25) is 0 Å². The zero-order chi connectivity index (χ0) is 15.4. The zero-order valence-corrected chi connectivity index (χ0v) is 16.1. The summed E-state index contributed by atoms with van der Waals surface area (Å²) >= 11 is 7.18. The van der Waals surface area contributed by atoms with Gasteiger partial charge in [0.1, 0.15) is 5.75 Å². The minimum atomic E-state index is 0.600. The van der Waals surface area contributed by atoms with E-state index >= 15 is 0 Å². The van der Waals surface area contributed by atoms with Crippen molar-refractivity contribution in [3.05, 3.63) is 26.6 Å². The molecule has 1 aliphatic heterocycles. The molecule has 1 aromatic rings. The third-order valence-electron chi connectivity index (χ3n) is 4.01. The molecule has 21 heavy (non-hydrogen) atoms. The summed E-state index contributed by atoms with van der Waals surface area (Å²) in [5.74, 6) is 0.876. The van der Waals surface area contributed by atoms with Crippen molar-refractivity contribution in [2.24, 2.45) is 0 Å². The van der Waals surface area contributed by atoms with Crippen LogP contribution in [0.5, 0.6) is 5.75 Å². The van der Waals surface area contributed by atoms with Crippen LogP contribution in [-0.2, 0) is 6.54 Å². The number of hydrogen-bond acceptors (Lipinski definition) is 3. The van der Waals surface area contributed by atoms with Gasteiger partial charge in [0.25, 0.3) is 0 Å². The van der Waals surface area contributed by atoms with Crippen molar-refractivity contribution in [2.75, 3.05) is 6.61 Å². The molecule has 1 N–H and O–H groups in total. The van der Waals surface area contributed by atoms with Crippen molar-refractivity contribution in [2.45, 2.75) is 58.7 Å². The molecular weight excluding hydrogens is 396 g/mol. The van der Waals surface area contributed by atoms with Gasteiger partial charge in [-0.1, -0.05) is 6.42 Å². The summed E-state index contributed by atoms with van der Waals surface area (Å²) in [6, 6.07) is 5.45. The first-order valence-electron chi connectivity index (χ1n) is 7.65. The summed E-state index contributed by atoms with van der Waals surface area (Å²) in [7, 11) is 0. The molecule has 2 rings (SSSR count). The number of ether oxygens (including phenoxy) is 1. The molecule has 2 atom stereocenters. The molecule has 0 radical (unpaired) electrons. The monoisotopic (exact) mass is 418 g/mol. The standard InChI is InChI=1S/C16H24Br2N2O/c1-4-21-16-14(17)8-13(9-15(16)18)10-19-20-11(2)6-5-7-12(20)3/h8-9,11-12,19H,4-7,10H2,1-3H3. The van der Waals surface area contributed by atoms with Crippen LogP contribution in [0.3, 0.4) is 0 Å². The van der Waals surface area contributed by atoms with Gasteiger partial charge in [-0.15, -0.1) is 0 Å². The second-order valence-electron chi connectivity index (χ2n) is 5.69. The van der Waals surface area contributed by atoms with E-state index in [2.05, 4.69) is 68.3 Å². The fourth-order valence-corrected chi connectivity index (χ4v) is 4.42. The molecule has 0 aromatic heterocycles. The number of benzene rings is 1. The van der Waals surface area contributed by atoms with Gasteiger partial charge in [-0.05, 0) is 83.2 Å². The molecule has 1 saturated heterocycles. The zero-order valence-electron chi connectivity index (χ0n) is 13.0. The number of rotatable bonds is 5. The normalized spacial score (nSPS) is 23.3. The fourth-order valence-electron chi connectivity index (χ4n) is 2.91. The van der Waals surface area contributed by atoms with Crippen LogP contribution in [0.25, 0.3) is 0 Å². The summed E-state index contributed by atoms with van der Waals surface area (Å²) in [5, 5.41) is 2.40. The van der Waals surface area contributed by atoms with Gasteiger partial charge in [-0.25, -0.2) is 5.01 Å². The molecule has 0 amide bonds. The third-order valence-corrected chi connectivity index (χ3v) is 5.18. The molecule has 2 unspecified atom stereocenters. The van der Waals surface area contributed by atoms with E-state index in [1.165, 1.54) is 24.8 Å². The van der Waals surface area contributed by atoms with E-state index in [9.17, 15) is 0 Å². The van der Waals surface area contributed by atoms with Crippen molar-refractivity contribution in [3.8, 4) is 5.75 Å². The molecule has 3 nitrogen and oxygen atoms in total. The Balaban J connectivity index is 2.03. The van der Waals surface area contributed by atoms with Crippen molar-refractivity contribution in [1.29, 1.82) is 0 Å². The van der Waals surface area contributed by atoms with Gasteiger partial charge in [-0.2, -0.15) is 0 Å². The van der Waals surface area contributed by atoms with Gasteiger partial charge >= 0.3 is 0 Å². The average Bonchev–Trinajstić information content (AvgIpc) is 2.42. The molecule has 1 heterocycles. The Hall–Kier alpha value is -0.100. The van der Waals surface area contributed by atoms with Crippen molar-refractivity contribution in [3.63, 3.8) is 0 Å². The number of hydrazine groups is 1. The summed E-state index contributed by atoms with van der Waals surface area (Å²) in [4.78, 5) is 0. The van der Waals surface area contributed by atoms with Crippen LogP contribution in [0, 0.1) is 0 Å². The highest BCUT2D eigenvalue weighted by Crippen LogP contribution is 2.34. The first-order chi connectivity index (χ1) is 10.0. The highest BCUT2D eigenvalue weighted by atomic mass is 79.9. The van der Waals surface area contributed by atoms with E-state index < -0.39 is 0 Å². The van der Waals surface area contributed by atoms with Crippen LogP contribution in [0.4, 0.5) is 0 Å². The van der Waals surface area contributed by atoms with E-state index in [-0.39, 0.29) is 0 Å². The minimum absolute atomic E-state index is 0.600. The topological polar surface area (TPSA) is 24.5 Å². The lowest BCUT2D eigenvalue weighted by molar-refractivity contribution is 0.0435. The molecule has 0 saturated carbocycles. The largest absolute Gasteiger partial charge is 0.492 e. The van der Waals surface area contributed by atoms with Crippen molar-refractivity contribution in [1.82, 2.24) is 10.4 Å². The van der Waals surface area contributed by atoms with E-state index in [1.54, 1.807) is 0 Å². The number of hydrogen-bond donors (Lipinski definition) is 1. The van der Waals surface area contributed by atoms with Gasteiger partial charge in [0.15, 0.2) is 0 Å². The Bertz CT molecular complexity index is 448. The van der Waals surface area contributed by atoms with Crippen molar-refractivity contribution < 1.29 is 4.74 Å². The quantitative estimate of drug-likeness (QED) is 0.735. The van der Waals surface area contributed by atoms with Crippen LogP contribution >= 0.6 is 31.9 Å². The number of nitrogens with zero attached hydrogens (tertiary/aromatic N) is 1. The van der Waals surface area contributed by atoms with Crippen LogP contribution in [0.1, 0.15) is 45.6 Å². The van der Waals surface area contributed by atoms with Crippen molar-refractivity contribution >= 4 is 31.9 Å². The van der Waals surface area contributed by atoms with Gasteiger partial charge in [0, 0.05) is 18.6 Å². The van der Waals surface area contributed by atoms with E-state index in [0.717, 1.165) is 21.2 Å². The molecule has 0 bridgehead atoms. The summed E-state index contributed by atoms with van der Waals surface area (Å²) in [6.07, 6.45) is 3.88. The maximum Gasteiger partial charge on any atom is 0.147 e. The SMILES string of the molecule is CCOc1c(Br)cc(CNN2C(C)CCCC2C)cc1Br. The van der Waals surface area contributed by atoms with Crippen LogP contribution < -0.4 is 10.2 Å². The Morgan fingerprint density at radius 2 is 1.76 bits per heavy atom. The number of piperidine rings is 1. The summed E-state index contributed by atoms with van der Waals surface area (Å²) in [6.45, 7) is 8.09. The van der Waals surface area contributed by atoms with Gasteiger partial charge in [-0.3, -0.25) is 5.43 Å². The van der Waals surface area contributed by atoms with Gasteiger partial charge in [0.05, 0.1) is 15.6 Å². The van der Waals surface area contributed by atoms with E-state index in [1.807, 2.05) is 6.92 Å². The maximum atomic E-state index is 5.63. The highest BCUT2D eigenvalue weighted by Gasteiger charge is 2.24. The number of nitrogens with one attached hydrogen (secondary N) is 1. The second-order valence-corrected chi connectivity index (χ2v) is 7.40. The lowest BCUT2D eigenvalue weighted by Gasteiger charge is -2.39. The first kappa shape index (κ1) is 17.3. The maximum absolute atomic E-state index is 5.63. The smallest absolute Gasteiger partial charge is 0.147 e. The Kier molecular flexibility index (Phi) is 6.53. The molecule has 118 valence electrons. The number of halogens is 2. The third kappa shape index (κ3) is 4.44. The first-order valence-corrected chi connectivity index (χ1v) is 9.24. The molecular formula is C16H24Br2N2O. The summed E-state index contributed by atoms with van der Waals surface area (Å²) < 4.78 is 7.62. The molecule has 0 aliphatic carbocycles. The summed E-state index contributed by atoms with van der Waals surface area (Å²) in [5.41, 5.74) is 4.83. The van der Waals surface area contributed by atoms with E-state index in [0.29, 0.717) is 18.7 Å².